The highest BCUT2D eigenvalue weighted by Crippen LogP contribution is 2.15. The third kappa shape index (κ3) is 3.63. The van der Waals surface area contributed by atoms with Crippen molar-refractivity contribution in [2.75, 3.05) is 19.8 Å². The summed E-state index contributed by atoms with van der Waals surface area (Å²) in [5.41, 5.74) is 0. The van der Waals surface area contributed by atoms with Crippen LogP contribution in [-0.4, -0.2) is 37.1 Å². The maximum atomic E-state index is 9.77. The summed E-state index contributed by atoms with van der Waals surface area (Å²) < 4.78 is 10.6. The molecule has 1 saturated heterocycles. The summed E-state index contributed by atoms with van der Waals surface area (Å²) in [7, 11) is 0. The van der Waals surface area contributed by atoms with E-state index in [1.165, 1.54) is 0 Å². The van der Waals surface area contributed by atoms with Gasteiger partial charge in [0.25, 0.3) is 0 Å². The van der Waals surface area contributed by atoms with Gasteiger partial charge in [-0.05, 0) is 12.3 Å². The number of ether oxygens (including phenoxy) is 2. The minimum atomic E-state index is -0.366. The lowest BCUT2D eigenvalue weighted by atomic mass is 9.98. The Bertz CT molecular complexity index is 132. The normalized spacial score (nSPS) is 28.4. The molecular formula is C10H20O3. The second-order valence-corrected chi connectivity index (χ2v) is 3.80. The second kappa shape index (κ2) is 5.58. The van der Waals surface area contributed by atoms with Gasteiger partial charge in [-0.1, -0.05) is 20.3 Å². The van der Waals surface area contributed by atoms with E-state index in [0.29, 0.717) is 25.7 Å². The third-order valence-corrected chi connectivity index (χ3v) is 2.61. The van der Waals surface area contributed by atoms with Gasteiger partial charge in [-0.25, -0.2) is 0 Å². The van der Waals surface area contributed by atoms with E-state index in [0.717, 1.165) is 12.8 Å². The number of aliphatic hydroxyl groups excluding tert-OH is 1. The van der Waals surface area contributed by atoms with Gasteiger partial charge in [0.2, 0.25) is 0 Å². The van der Waals surface area contributed by atoms with Crippen LogP contribution in [0.1, 0.15) is 26.7 Å². The fourth-order valence-electron chi connectivity index (χ4n) is 1.46. The van der Waals surface area contributed by atoms with Crippen molar-refractivity contribution in [2.45, 2.75) is 38.9 Å². The van der Waals surface area contributed by atoms with E-state index >= 15 is 0 Å². The lowest BCUT2D eigenvalue weighted by molar-refractivity contribution is -0.135. The lowest BCUT2D eigenvalue weighted by Crippen LogP contribution is -2.39. The van der Waals surface area contributed by atoms with Gasteiger partial charge in [-0.2, -0.15) is 0 Å². The van der Waals surface area contributed by atoms with E-state index in [1.54, 1.807) is 0 Å². The van der Waals surface area contributed by atoms with Gasteiger partial charge in [0.1, 0.15) is 6.10 Å². The average Bonchev–Trinajstić information content (AvgIpc) is 2.19. The molecule has 1 aliphatic rings. The molecule has 3 nitrogen and oxygen atoms in total. The molecule has 0 aliphatic carbocycles. The molecule has 1 heterocycles. The first kappa shape index (κ1) is 11.0. The smallest absolute Gasteiger partial charge is 0.107 e. The van der Waals surface area contributed by atoms with E-state index in [1.807, 2.05) is 0 Å². The molecule has 78 valence electrons. The molecule has 1 N–H and O–H groups in total. The minimum absolute atomic E-state index is 0.109. The summed E-state index contributed by atoms with van der Waals surface area (Å²) in [6.07, 6.45) is 1.44. The second-order valence-electron chi connectivity index (χ2n) is 3.80. The number of aliphatic hydroxyl groups is 1. The summed E-state index contributed by atoms with van der Waals surface area (Å²) in [4.78, 5) is 0. The Kier molecular flexibility index (Phi) is 4.70. The zero-order valence-corrected chi connectivity index (χ0v) is 8.53. The molecule has 3 unspecified atom stereocenters. The fourth-order valence-corrected chi connectivity index (χ4v) is 1.46. The zero-order chi connectivity index (χ0) is 9.68. The molecule has 1 aliphatic heterocycles. The van der Waals surface area contributed by atoms with E-state index in [4.69, 9.17) is 9.47 Å². The van der Waals surface area contributed by atoms with Gasteiger partial charge in [-0.3, -0.25) is 0 Å². The first-order valence-electron chi connectivity index (χ1n) is 5.11. The minimum Gasteiger partial charge on any atom is -0.390 e. The van der Waals surface area contributed by atoms with Gasteiger partial charge in [0.05, 0.1) is 25.9 Å². The van der Waals surface area contributed by atoms with Crippen molar-refractivity contribution in [3.05, 3.63) is 0 Å². The average molecular weight is 188 g/mol. The summed E-state index contributed by atoms with van der Waals surface area (Å²) in [5, 5.41) is 9.77. The van der Waals surface area contributed by atoms with Gasteiger partial charge >= 0.3 is 0 Å². The van der Waals surface area contributed by atoms with E-state index in [-0.39, 0.29) is 12.2 Å². The topological polar surface area (TPSA) is 38.7 Å². The van der Waals surface area contributed by atoms with Crippen LogP contribution in [0.4, 0.5) is 0 Å². The molecule has 0 aromatic heterocycles. The fraction of sp³-hybridized carbons (Fsp3) is 1.00. The molecule has 0 aromatic carbocycles. The van der Waals surface area contributed by atoms with Gasteiger partial charge < -0.3 is 14.6 Å². The van der Waals surface area contributed by atoms with Gasteiger partial charge in [0, 0.05) is 0 Å². The van der Waals surface area contributed by atoms with Crippen molar-refractivity contribution in [2.24, 2.45) is 5.92 Å². The maximum absolute atomic E-state index is 9.77. The van der Waals surface area contributed by atoms with Crippen LogP contribution in [0.5, 0.6) is 0 Å². The van der Waals surface area contributed by atoms with Crippen LogP contribution < -0.4 is 0 Å². The predicted molar refractivity (Wildman–Crippen MR) is 50.6 cm³/mol. The van der Waals surface area contributed by atoms with Crippen molar-refractivity contribution in [1.82, 2.24) is 0 Å². The van der Waals surface area contributed by atoms with Crippen LogP contribution in [-0.2, 0) is 9.47 Å². The van der Waals surface area contributed by atoms with Crippen LogP contribution >= 0.6 is 0 Å². The third-order valence-electron chi connectivity index (χ3n) is 2.61. The number of rotatable bonds is 4. The van der Waals surface area contributed by atoms with Crippen LogP contribution in [0.15, 0.2) is 0 Å². The molecule has 0 amide bonds. The largest absolute Gasteiger partial charge is 0.390 e. The number of hydrogen-bond acceptors (Lipinski definition) is 3. The highest BCUT2D eigenvalue weighted by atomic mass is 16.6. The van der Waals surface area contributed by atoms with Gasteiger partial charge in [0.15, 0.2) is 0 Å². The van der Waals surface area contributed by atoms with E-state index < -0.39 is 0 Å². The molecule has 13 heavy (non-hydrogen) atoms. The Morgan fingerprint density at radius 3 is 2.77 bits per heavy atom. The van der Waals surface area contributed by atoms with E-state index in [2.05, 4.69) is 13.8 Å². The maximum Gasteiger partial charge on any atom is 0.107 e. The molecule has 1 rings (SSSR count). The summed E-state index contributed by atoms with van der Waals surface area (Å²) >= 11 is 0. The number of hydrogen-bond donors (Lipinski definition) is 1. The quantitative estimate of drug-likeness (QED) is 0.720. The monoisotopic (exact) mass is 188 g/mol. The SMILES string of the molecule is CCC(C)CC(O)C1COCCO1. The van der Waals surface area contributed by atoms with Crippen LogP contribution in [0.3, 0.4) is 0 Å². The highest BCUT2D eigenvalue weighted by molar-refractivity contribution is 4.72. The van der Waals surface area contributed by atoms with Crippen molar-refractivity contribution >= 4 is 0 Å². The predicted octanol–water partition coefficient (Wildman–Crippen LogP) is 1.20. The summed E-state index contributed by atoms with van der Waals surface area (Å²) in [6, 6.07) is 0. The van der Waals surface area contributed by atoms with Crippen molar-refractivity contribution in [1.29, 1.82) is 0 Å². The standard InChI is InChI=1S/C10H20O3/c1-3-8(2)6-9(11)10-7-12-4-5-13-10/h8-11H,3-7H2,1-2H3. The first-order valence-corrected chi connectivity index (χ1v) is 5.11. The highest BCUT2D eigenvalue weighted by Gasteiger charge is 2.24. The molecule has 0 radical (unpaired) electrons. The molecule has 0 spiro atoms. The Morgan fingerprint density at radius 2 is 2.23 bits per heavy atom. The van der Waals surface area contributed by atoms with Crippen LogP contribution in [0.2, 0.25) is 0 Å². The zero-order valence-electron chi connectivity index (χ0n) is 8.53. The Morgan fingerprint density at radius 1 is 1.46 bits per heavy atom. The Balaban J connectivity index is 2.24. The van der Waals surface area contributed by atoms with Crippen molar-refractivity contribution < 1.29 is 14.6 Å². The molecule has 0 saturated carbocycles. The molecular weight excluding hydrogens is 168 g/mol. The lowest BCUT2D eigenvalue weighted by Gasteiger charge is -2.28. The Labute approximate surface area is 80.0 Å². The molecule has 3 heteroatoms. The molecule has 0 aromatic rings. The van der Waals surface area contributed by atoms with Gasteiger partial charge in [-0.15, -0.1) is 0 Å². The van der Waals surface area contributed by atoms with Crippen LogP contribution in [0, 0.1) is 5.92 Å². The molecule has 1 fully saturated rings. The van der Waals surface area contributed by atoms with E-state index in [9.17, 15) is 5.11 Å². The van der Waals surface area contributed by atoms with Crippen molar-refractivity contribution in [3.8, 4) is 0 Å². The molecule has 3 atom stereocenters. The Hall–Kier alpha value is -0.120. The van der Waals surface area contributed by atoms with Crippen LogP contribution in [0.25, 0.3) is 0 Å². The summed E-state index contributed by atoms with van der Waals surface area (Å²) in [6.45, 7) is 6.09. The van der Waals surface area contributed by atoms with Crippen molar-refractivity contribution in [3.63, 3.8) is 0 Å². The summed E-state index contributed by atoms with van der Waals surface area (Å²) in [5.74, 6) is 0.556. The molecule has 0 bridgehead atoms. The first-order chi connectivity index (χ1) is 6.24.